The van der Waals surface area contributed by atoms with Crippen molar-refractivity contribution in [1.29, 1.82) is 0 Å². The second-order valence-corrected chi connectivity index (χ2v) is 6.45. The first-order chi connectivity index (χ1) is 9.59. The van der Waals surface area contributed by atoms with E-state index in [9.17, 15) is 4.79 Å². The highest BCUT2D eigenvalue weighted by atomic mass is 16.5. The third kappa shape index (κ3) is 5.92. The quantitative estimate of drug-likeness (QED) is 0.571. The van der Waals surface area contributed by atoms with Crippen LogP contribution in [0.3, 0.4) is 0 Å². The molecule has 1 rings (SSSR count). The minimum absolute atomic E-state index is 0.314. The summed E-state index contributed by atoms with van der Waals surface area (Å²) in [6.45, 7) is 9.67. The molecule has 0 bridgehead atoms. The lowest BCUT2D eigenvalue weighted by molar-refractivity contribution is -0.132. The Kier molecular flexibility index (Phi) is 8.39. The van der Waals surface area contributed by atoms with Crippen molar-refractivity contribution >= 4 is 5.78 Å². The maximum Gasteiger partial charge on any atom is 0.152 e. The molecular formula is C17H33NO2. The topological polar surface area (TPSA) is 29.5 Å². The van der Waals surface area contributed by atoms with Gasteiger partial charge in [-0.1, -0.05) is 45.4 Å². The fourth-order valence-electron chi connectivity index (χ4n) is 2.85. The lowest BCUT2D eigenvalue weighted by atomic mass is 9.92. The Morgan fingerprint density at radius 3 is 2.15 bits per heavy atom. The van der Waals surface area contributed by atoms with E-state index in [0.29, 0.717) is 5.78 Å². The Morgan fingerprint density at radius 2 is 1.55 bits per heavy atom. The van der Waals surface area contributed by atoms with Crippen molar-refractivity contribution in [3.8, 4) is 0 Å². The summed E-state index contributed by atoms with van der Waals surface area (Å²) in [6, 6.07) is 0. The van der Waals surface area contributed by atoms with Gasteiger partial charge in [0.2, 0.25) is 0 Å². The Labute approximate surface area is 125 Å². The number of carbonyl (C=O) groups excluding carboxylic acids is 1. The molecule has 0 aromatic rings. The van der Waals surface area contributed by atoms with Crippen molar-refractivity contribution in [2.45, 2.75) is 77.7 Å². The Hall–Kier alpha value is -0.410. The third-order valence-corrected chi connectivity index (χ3v) is 4.49. The summed E-state index contributed by atoms with van der Waals surface area (Å²) in [4.78, 5) is 14.7. The predicted molar refractivity (Wildman–Crippen MR) is 84.1 cm³/mol. The van der Waals surface area contributed by atoms with Crippen molar-refractivity contribution in [2.75, 3.05) is 26.3 Å². The number of morpholine rings is 1. The number of ether oxygens (including phenoxy) is 1. The number of nitrogens with zero attached hydrogens (tertiary/aromatic N) is 1. The highest BCUT2D eigenvalue weighted by molar-refractivity contribution is 5.87. The fraction of sp³-hybridized carbons (Fsp3) is 0.941. The molecule has 0 aromatic carbocycles. The normalized spacial score (nSPS) is 17.4. The SMILES string of the molecule is CCCCCCCCCC(=O)C(C)(C)N1CCOCC1. The molecule has 118 valence electrons. The van der Waals surface area contributed by atoms with Gasteiger partial charge in [-0.05, 0) is 20.3 Å². The first kappa shape index (κ1) is 17.6. The van der Waals surface area contributed by atoms with Crippen molar-refractivity contribution in [3.63, 3.8) is 0 Å². The van der Waals surface area contributed by atoms with Gasteiger partial charge in [0.25, 0.3) is 0 Å². The molecule has 0 saturated carbocycles. The maximum atomic E-state index is 12.4. The van der Waals surface area contributed by atoms with Crippen LogP contribution < -0.4 is 0 Å². The van der Waals surface area contributed by atoms with Crippen LogP contribution in [0, 0.1) is 0 Å². The molecular weight excluding hydrogens is 250 g/mol. The van der Waals surface area contributed by atoms with Crippen LogP contribution in [0.25, 0.3) is 0 Å². The molecule has 1 heterocycles. The van der Waals surface area contributed by atoms with Crippen LogP contribution in [0.1, 0.15) is 72.1 Å². The molecule has 1 fully saturated rings. The molecule has 3 heteroatoms. The zero-order valence-electron chi connectivity index (χ0n) is 13.7. The fourth-order valence-corrected chi connectivity index (χ4v) is 2.85. The predicted octanol–water partition coefficient (Wildman–Crippen LogP) is 3.81. The van der Waals surface area contributed by atoms with Gasteiger partial charge < -0.3 is 4.74 Å². The molecule has 1 aliphatic rings. The van der Waals surface area contributed by atoms with E-state index in [1.54, 1.807) is 0 Å². The molecule has 1 aliphatic heterocycles. The van der Waals surface area contributed by atoms with E-state index < -0.39 is 0 Å². The van der Waals surface area contributed by atoms with Gasteiger partial charge in [-0.15, -0.1) is 0 Å². The van der Waals surface area contributed by atoms with Crippen LogP contribution >= 0.6 is 0 Å². The molecule has 1 saturated heterocycles. The average molecular weight is 283 g/mol. The summed E-state index contributed by atoms with van der Waals surface area (Å²) < 4.78 is 5.37. The van der Waals surface area contributed by atoms with E-state index in [4.69, 9.17) is 4.74 Å². The van der Waals surface area contributed by atoms with Crippen molar-refractivity contribution in [1.82, 2.24) is 4.90 Å². The molecule has 0 N–H and O–H groups in total. The van der Waals surface area contributed by atoms with Crippen molar-refractivity contribution in [3.05, 3.63) is 0 Å². The highest BCUT2D eigenvalue weighted by Gasteiger charge is 2.34. The van der Waals surface area contributed by atoms with Gasteiger partial charge in [0.05, 0.1) is 18.8 Å². The second-order valence-electron chi connectivity index (χ2n) is 6.45. The summed E-state index contributed by atoms with van der Waals surface area (Å²) in [5.41, 5.74) is -0.314. The number of unbranched alkanes of at least 4 members (excludes halogenated alkanes) is 6. The molecule has 0 aromatic heterocycles. The van der Waals surface area contributed by atoms with Gasteiger partial charge >= 0.3 is 0 Å². The van der Waals surface area contributed by atoms with E-state index in [1.807, 2.05) is 0 Å². The van der Waals surface area contributed by atoms with Crippen molar-refractivity contribution in [2.24, 2.45) is 0 Å². The van der Waals surface area contributed by atoms with E-state index >= 15 is 0 Å². The monoisotopic (exact) mass is 283 g/mol. The van der Waals surface area contributed by atoms with E-state index in [2.05, 4.69) is 25.7 Å². The third-order valence-electron chi connectivity index (χ3n) is 4.49. The molecule has 0 spiro atoms. The number of ketones is 1. The van der Waals surface area contributed by atoms with Gasteiger partial charge in [0, 0.05) is 19.5 Å². The first-order valence-corrected chi connectivity index (χ1v) is 8.45. The van der Waals surface area contributed by atoms with Gasteiger partial charge in [-0.2, -0.15) is 0 Å². The first-order valence-electron chi connectivity index (χ1n) is 8.45. The summed E-state index contributed by atoms with van der Waals surface area (Å²) in [7, 11) is 0. The number of hydrogen-bond acceptors (Lipinski definition) is 3. The lowest BCUT2D eigenvalue weighted by Crippen LogP contribution is -2.54. The second kappa shape index (κ2) is 9.51. The van der Waals surface area contributed by atoms with Gasteiger partial charge in [0.1, 0.15) is 0 Å². The minimum Gasteiger partial charge on any atom is -0.379 e. The molecule has 0 amide bonds. The smallest absolute Gasteiger partial charge is 0.152 e. The number of carbonyl (C=O) groups is 1. The summed E-state index contributed by atoms with van der Waals surface area (Å²) in [6.07, 6.45) is 9.60. The largest absolute Gasteiger partial charge is 0.379 e. The Balaban J connectivity index is 2.17. The molecule has 0 atom stereocenters. The number of hydrogen-bond donors (Lipinski definition) is 0. The zero-order chi connectivity index (χ0) is 14.8. The summed E-state index contributed by atoms with van der Waals surface area (Å²) in [5.74, 6) is 0.396. The van der Waals surface area contributed by atoms with Crippen LogP contribution in [0.4, 0.5) is 0 Å². The number of rotatable bonds is 10. The Morgan fingerprint density at radius 1 is 1.00 bits per heavy atom. The Bertz CT molecular complexity index is 270. The van der Waals surface area contributed by atoms with Crippen LogP contribution in [0.15, 0.2) is 0 Å². The standard InChI is InChI=1S/C17H33NO2/c1-4-5-6-7-8-9-10-11-16(19)17(2,3)18-12-14-20-15-13-18/h4-15H2,1-3H3. The molecule has 0 aliphatic carbocycles. The van der Waals surface area contributed by atoms with E-state index in [0.717, 1.165) is 39.1 Å². The van der Waals surface area contributed by atoms with Crippen LogP contribution in [-0.4, -0.2) is 42.5 Å². The van der Waals surface area contributed by atoms with Gasteiger partial charge in [-0.25, -0.2) is 0 Å². The molecule has 20 heavy (non-hydrogen) atoms. The van der Waals surface area contributed by atoms with E-state index in [-0.39, 0.29) is 5.54 Å². The molecule has 0 radical (unpaired) electrons. The number of Topliss-reactive ketones (excluding diaryl/α,β-unsaturated/α-hetero) is 1. The summed E-state index contributed by atoms with van der Waals surface area (Å²) in [5, 5.41) is 0. The molecule has 0 unspecified atom stereocenters. The van der Waals surface area contributed by atoms with Crippen LogP contribution in [0.5, 0.6) is 0 Å². The zero-order valence-corrected chi connectivity index (χ0v) is 13.7. The molecule has 3 nitrogen and oxygen atoms in total. The minimum atomic E-state index is -0.314. The van der Waals surface area contributed by atoms with Crippen LogP contribution in [-0.2, 0) is 9.53 Å². The highest BCUT2D eigenvalue weighted by Crippen LogP contribution is 2.20. The average Bonchev–Trinajstić information content (AvgIpc) is 2.47. The van der Waals surface area contributed by atoms with Crippen molar-refractivity contribution < 1.29 is 9.53 Å². The lowest BCUT2D eigenvalue weighted by Gasteiger charge is -2.39. The summed E-state index contributed by atoms with van der Waals surface area (Å²) >= 11 is 0. The van der Waals surface area contributed by atoms with Gasteiger partial charge in [0.15, 0.2) is 5.78 Å². The van der Waals surface area contributed by atoms with Gasteiger partial charge in [-0.3, -0.25) is 9.69 Å². The van der Waals surface area contributed by atoms with E-state index in [1.165, 1.54) is 38.5 Å². The maximum absolute atomic E-state index is 12.4. The van der Waals surface area contributed by atoms with Crippen LogP contribution in [0.2, 0.25) is 0 Å².